The molecule has 13 heavy (non-hydrogen) atoms. The van der Waals surface area contributed by atoms with Crippen LogP contribution in [0.15, 0.2) is 0 Å². The second kappa shape index (κ2) is 9.85. The average Bonchev–Trinajstić information content (AvgIpc) is 2.17. The Labute approximate surface area is 86.1 Å². The zero-order valence-corrected chi connectivity index (χ0v) is 9.09. The summed E-state index contributed by atoms with van der Waals surface area (Å²) in [4.78, 5) is 2.24. The normalized spacial score (nSPS) is 10.3. The average molecular weight is 202 g/mol. The third-order valence-electron chi connectivity index (χ3n) is 1.78. The van der Waals surface area contributed by atoms with E-state index in [2.05, 4.69) is 23.6 Å². The van der Waals surface area contributed by atoms with Gasteiger partial charge in [-0.1, -0.05) is 0 Å². The number of hydrogen-bond acceptors (Lipinski definition) is 4. The van der Waals surface area contributed by atoms with Gasteiger partial charge in [-0.05, 0) is 18.7 Å². The quantitative estimate of drug-likeness (QED) is 0.600. The Morgan fingerprint density at radius 3 is 2.69 bits per heavy atom. The number of methoxy groups -OCH3 is 1. The van der Waals surface area contributed by atoms with Crippen molar-refractivity contribution in [3.63, 3.8) is 0 Å². The molecule has 4 heteroatoms. The van der Waals surface area contributed by atoms with E-state index in [1.165, 1.54) is 0 Å². The molecule has 0 amide bonds. The molecule has 0 fully saturated rings. The molecule has 0 saturated heterocycles. The van der Waals surface area contributed by atoms with E-state index in [1.54, 1.807) is 7.11 Å². The van der Waals surface area contributed by atoms with Gasteiger partial charge in [-0.2, -0.15) is 17.9 Å². The topological polar surface area (TPSA) is 36.3 Å². The summed E-state index contributed by atoms with van der Waals surface area (Å²) in [6, 6.07) is 2.15. The summed E-state index contributed by atoms with van der Waals surface area (Å²) in [5.74, 6) is 0.899. The fraction of sp³-hybridized carbons (Fsp3) is 0.889. The summed E-state index contributed by atoms with van der Waals surface area (Å²) in [7, 11) is 1.70. The maximum atomic E-state index is 8.44. The van der Waals surface area contributed by atoms with Crippen molar-refractivity contribution >= 4 is 12.6 Å². The van der Waals surface area contributed by atoms with Gasteiger partial charge in [-0.15, -0.1) is 0 Å². The smallest absolute Gasteiger partial charge is 0.0635 e. The molecule has 0 aliphatic heterocycles. The van der Waals surface area contributed by atoms with E-state index in [9.17, 15) is 0 Å². The van der Waals surface area contributed by atoms with Gasteiger partial charge < -0.3 is 4.74 Å². The van der Waals surface area contributed by atoms with E-state index in [0.717, 1.165) is 38.4 Å². The van der Waals surface area contributed by atoms with Crippen LogP contribution < -0.4 is 0 Å². The molecule has 0 bridgehead atoms. The third-order valence-corrected chi connectivity index (χ3v) is 2.10. The van der Waals surface area contributed by atoms with E-state index in [0.29, 0.717) is 6.42 Å². The molecule has 0 spiro atoms. The minimum atomic E-state index is 0.594. The zero-order chi connectivity index (χ0) is 9.94. The molecule has 0 unspecified atom stereocenters. The highest BCUT2D eigenvalue weighted by atomic mass is 32.1. The monoisotopic (exact) mass is 202 g/mol. The Morgan fingerprint density at radius 1 is 1.38 bits per heavy atom. The molecular formula is C9H18N2OS. The number of thiol groups is 1. The van der Waals surface area contributed by atoms with Crippen molar-refractivity contribution in [1.29, 1.82) is 5.26 Å². The molecule has 76 valence electrons. The Morgan fingerprint density at radius 2 is 2.15 bits per heavy atom. The fourth-order valence-corrected chi connectivity index (χ4v) is 1.20. The van der Waals surface area contributed by atoms with Crippen LogP contribution in [0, 0.1) is 11.3 Å². The van der Waals surface area contributed by atoms with Crippen LogP contribution in [0.3, 0.4) is 0 Å². The molecule has 0 rings (SSSR count). The van der Waals surface area contributed by atoms with Gasteiger partial charge in [0, 0.05) is 26.6 Å². The Hall–Kier alpha value is -0.240. The molecule has 0 aromatic carbocycles. The van der Waals surface area contributed by atoms with Crippen LogP contribution in [0.4, 0.5) is 0 Å². The second-order valence-electron chi connectivity index (χ2n) is 2.82. The van der Waals surface area contributed by atoms with Crippen LogP contribution in [0.2, 0.25) is 0 Å². The molecule has 0 aromatic rings. The number of rotatable bonds is 8. The molecule has 0 aliphatic rings. The lowest BCUT2D eigenvalue weighted by atomic mass is 10.3. The van der Waals surface area contributed by atoms with Gasteiger partial charge in [-0.3, -0.25) is 4.90 Å². The summed E-state index contributed by atoms with van der Waals surface area (Å²) in [5, 5.41) is 8.44. The van der Waals surface area contributed by atoms with Crippen molar-refractivity contribution in [3.05, 3.63) is 0 Å². The van der Waals surface area contributed by atoms with Crippen molar-refractivity contribution in [1.82, 2.24) is 4.90 Å². The lowest BCUT2D eigenvalue weighted by Gasteiger charge is -2.19. The van der Waals surface area contributed by atoms with Gasteiger partial charge in [0.15, 0.2) is 0 Å². The first kappa shape index (κ1) is 12.8. The summed E-state index contributed by atoms with van der Waals surface area (Å²) in [5.41, 5.74) is 0. The maximum absolute atomic E-state index is 8.44. The van der Waals surface area contributed by atoms with Gasteiger partial charge in [0.1, 0.15) is 0 Å². The third kappa shape index (κ3) is 8.10. The van der Waals surface area contributed by atoms with Gasteiger partial charge in [0.25, 0.3) is 0 Å². The number of nitrogens with zero attached hydrogens (tertiary/aromatic N) is 2. The van der Waals surface area contributed by atoms with Crippen LogP contribution >= 0.6 is 12.6 Å². The largest absolute Gasteiger partial charge is 0.383 e. The van der Waals surface area contributed by atoms with Crippen LogP contribution in [0.5, 0.6) is 0 Å². The highest BCUT2D eigenvalue weighted by molar-refractivity contribution is 7.80. The molecular weight excluding hydrogens is 184 g/mol. The molecule has 0 heterocycles. The van der Waals surface area contributed by atoms with Gasteiger partial charge in [0.05, 0.1) is 12.7 Å². The van der Waals surface area contributed by atoms with Gasteiger partial charge in [-0.25, -0.2) is 0 Å². The van der Waals surface area contributed by atoms with Crippen molar-refractivity contribution < 1.29 is 4.74 Å². The molecule has 0 saturated carbocycles. The fourth-order valence-electron chi connectivity index (χ4n) is 1.06. The second-order valence-corrected chi connectivity index (χ2v) is 3.27. The zero-order valence-electron chi connectivity index (χ0n) is 8.20. The standard InChI is InChI=1S/C9H18N2OS/c1-12-8-7-11(5-2-4-10)6-3-9-13/h13H,2-3,5-9H2,1H3. The van der Waals surface area contributed by atoms with Crippen molar-refractivity contribution in [3.8, 4) is 6.07 Å². The highest BCUT2D eigenvalue weighted by Crippen LogP contribution is 1.95. The van der Waals surface area contributed by atoms with E-state index in [-0.39, 0.29) is 0 Å². The number of hydrogen-bond donors (Lipinski definition) is 1. The predicted octanol–water partition coefficient (Wildman–Crippen LogP) is 1.17. The molecule has 0 atom stereocenters. The Kier molecular flexibility index (Phi) is 9.66. The number of ether oxygens (including phenoxy) is 1. The highest BCUT2D eigenvalue weighted by Gasteiger charge is 2.02. The van der Waals surface area contributed by atoms with Gasteiger partial charge >= 0.3 is 0 Å². The minimum Gasteiger partial charge on any atom is -0.383 e. The van der Waals surface area contributed by atoms with E-state index < -0.39 is 0 Å². The first-order valence-corrected chi connectivity index (χ1v) is 5.17. The SMILES string of the molecule is COCCN(CCC#N)CCCS. The lowest BCUT2D eigenvalue weighted by Crippen LogP contribution is -2.29. The molecule has 0 radical (unpaired) electrons. The van der Waals surface area contributed by atoms with Crippen molar-refractivity contribution in [2.24, 2.45) is 0 Å². The van der Waals surface area contributed by atoms with E-state index in [1.807, 2.05) is 0 Å². The Bertz CT molecular complexity index is 139. The van der Waals surface area contributed by atoms with Crippen molar-refractivity contribution in [2.45, 2.75) is 12.8 Å². The molecule has 0 N–H and O–H groups in total. The van der Waals surface area contributed by atoms with Gasteiger partial charge in [0.2, 0.25) is 0 Å². The van der Waals surface area contributed by atoms with Crippen LogP contribution in [0.1, 0.15) is 12.8 Å². The number of nitriles is 1. The summed E-state index contributed by atoms with van der Waals surface area (Å²) >= 11 is 4.15. The first-order chi connectivity index (χ1) is 6.35. The molecule has 0 aliphatic carbocycles. The Balaban J connectivity index is 3.54. The van der Waals surface area contributed by atoms with Crippen LogP contribution in [0.25, 0.3) is 0 Å². The van der Waals surface area contributed by atoms with Crippen molar-refractivity contribution in [2.75, 3.05) is 39.1 Å². The predicted molar refractivity (Wildman–Crippen MR) is 57.0 cm³/mol. The maximum Gasteiger partial charge on any atom is 0.0635 e. The first-order valence-electron chi connectivity index (χ1n) is 4.54. The molecule has 0 aromatic heterocycles. The van der Waals surface area contributed by atoms with Crippen LogP contribution in [-0.4, -0.2) is 44.0 Å². The van der Waals surface area contributed by atoms with E-state index >= 15 is 0 Å². The summed E-state index contributed by atoms with van der Waals surface area (Å²) in [6.45, 7) is 3.49. The molecule has 3 nitrogen and oxygen atoms in total. The van der Waals surface area contributed by atoms with E-state index in [4.69, 9.17) is 10.00 Å². The van der Waals surface area contributed by atoms with Crippen LogP contribution in [-0.2, 0) is 4.74 Å². The summed E-state index contributed by atoms with van der Waals surface area (Å²) in [6.07, 6.45) is 1.66. The lowest BCUT2D eigenvalue weighted by molar-refractivity contribution is 0.149. The summed E-state index contributed by atoms with van der Waals surface area (Å²) < 4.78 is 4.99. The minimum absolute atomic E-state index is 0.594.